The number of likely N-dealkylation sites (tertiary alicyclic amines) is 1. The number of nitrogens with one attached hydrogen (secondary N) is 1. The molecule has 2 heterocycles. The van der Waals surface area contributed by atoms with Gasteiger partial charge < -0.3 is 10.1 Å². The van der Waals surface area contributed by atoms with Crippen molar-refractivity contribution in [2.75, 3.05) is 25.8 Å². The van der Waals surface area contributed by atoms with Gasteiger partial charge in [0.25, 0.3) is 0 Å². The lowest BCUT2D eigenvalue weighted by atomic mass is 9.98. The Morgan fingerprint density at radius 2 is 1.89 bits per heavy atom. The third-order valence-corrected chi connectivity index (χ3v) is 6.70. The Morgan fingerprint density at radius 1 is 1.16 bits per heavy atom. The molecule has 4 rings (SSSR count). The number of esters is 1. The van der Waals surface area contributed by atoms with E-state index in [1.165, 1.54) is 13.3 Å². The molecule has 0 spiro atoms. The number of ether oxygens (including phenoxy) is 1. The maximum atomic E-state index is 12.3. The number of carbonyl (C=O) groups excluding carboxylic acids is 2. The maximum absolute atomic E-state index is 12.3. The van der Waals surface area contributed by atoms with E-state index in [0.717, 1.165) is 48.1 Å². The molecule has 0 aliphatic carbocycles. The van der Waals surface area contributed by atoms with Crippen molar-refractivity contribution < 1.29 is 19.5 Å². The second-order valence-corrected chi connectivity index (χ2v) is 9.16. The number of aliphatic imine (C=N–C) groups is 1. The maximum Gasteiger partial charge on any atom is 0.323 e. The number of pyridine rings is 1. The van der Waals surface area contributed by atoms with E-state index in [0.29, 0.717) is 29.6 Å². The first-order valence-electron chi connectivity index (χ1n) is 12.6. The van der Waals surface area contributed by atoms with Gasteiger partial charge in [-0.15, -0.1) is 0 Å². The molecule has 1 amide bonds. The highest BCUT2D eigenvalue weighted by Gasteiger charge is 2.29. The van der Waals surface area contributed by atoms with E-state index in [-0.39, 0.29) is 24.2 Å². The summed E-state index contributed by atoms with van der Waals surface area (Å²) >= 11 is 0. The smallest absolute Gasteiger partial charge is 0.323 e. The minimum absolute atomic E-state index is 0.101. The van der Waals surface area contributed by atoms with Crippen LogP contribution in [-0.2, 0) is 27.4 Å². The van der Waals surface area contributed by atoms with Gasteiger partial charge in [-0.1, -0.05) is 42.8 Å². The van der Waals surface area contributed by atoms with Crippen molar-refractivity contribution in [3.63, 3.8) is 0 Å². The summed E-state index contributed by atoms with van der Waals surface area (Å²) in [5.41, 5.74) is 4.87. The lowest BCUT2D eigenvalue weighted by molar-refractivity contribution is -0.148. The Kier molecular flexibility index (Phi) is 9.18. The molecule has 1 atom stereocenters. The number of aromatic nitrogens is 1. The minimum Gasteiger partial charge on any atom is -0.468 e. The van der Waals surface area contributed by atoms with Gasteiger partial charge in [0.15, 0.2) is 5.82 Å². The van der Waals surface area contributed by atoms with Crippen LogP contribution in [0.25, 0.3) is 11.1 Å². The summed E-state index contributed by atoms with van der Waals surface area (Å²) in [5.74, 6) is 0.444. The molecule has 1 unspecified atom stereocenters. The molecule has 198 valence electrons. The Morgan fingerprint density at radius 3 is 2.61 bits per heavy atom. The van der Waals surface area contributed by atoms with Crippen LogP contribution in [0, 0.1) is 0 Å². The highest BCUT2D eigenvalue weighted by molar-refractivity contribution is 6.03. The molecule has 9 nitrogen and oxygen atoms in total. The summed E-state index contributed by atoms with van der Waals surface area (Å²) in [7, 11) is 3.09. The highest BCUT2D eigenvalue weighted by Crippen LogP contribution is 2.25. The molecule has 3 aromatic rings. The fourth-order valence-electron chi connectivity index (χ4n) is 4.82. The Bertz CT molecular complexity index is 1300. The number of piperidine rings is 1. The fourth-order valence-corrected chi connectivity index (χ4v) is 4.82. The summed E-state index contributed by atoms with van der Waals surface area (Å²) in [4.78, 5) is 33.9. The number of hydrogen-bond acceptors (Lipinski definition) is 7. The van der Waals surface area contributed by atoms with Crippen LogP contribution in [0.3, 0.4) is 0 Å². The zero-order valence-electron chi connectivity index (χ0n) is 21.7. The van der Waals surface area contributed by atoms with Crippen molar-refractivity contribution in [2.45, 2.75) is 38.4 Å². The van der Waals surface area contributed by atoms with E-state index in [9.17, 15) is 14.8 Å². The van der Waals surface area contributed by atoms with E-state index in [1.807, 2.05) is 18.2 Å². The van der Waals surface area contributed by atoms with Crippen LogP contribution in [0.4, 0.5) is 5.82 Å². The van der Waals surface area contributed by atoms with Crippen LogP contribution >= 0.6 is 0 Å². The number of anilines is 1. The molecule has 1 aliphatic heterocycles. The molecular formula is C29H33N5O4. The number of methoxy groups -OCH3 is 1. The average Bonchev–Trinajstić information content (AvgIpc) is 2.97. The largest absolute Gasteiger partial charge is 0.468 e. The van der Waals surface area contributed by atoms with Crippen molar-refractivity contribution in [2.24, 2.45) is 4.99 Å². The minimum atomic E-state index is -0.189. The summed E-state index contributed by atoms with van der Waals surface area (Å²) in [6.45, 7) is 2.06. The van der Waals surface area contributed by atoms with Crippen LogP contribution in [0.5, 0.6) is 0 Å². The first-order valence-corrected chi connectivity index (χ1v) is 12.6. The van der Waals surface area contributed by atoms with Gasteiger partial charge in [0, 0.05) is 26.3 Å². The monoisotopic (exact) mass is 515 g/mol. The third-order valence-electron chi connectivity index (χ3n) is 6.70. The molecule has 1 fully saturated rings. The van der Waals surface area contributed by atoms with Gasteiger partial charge in [-0.25, -0.2) is 4.98 Å². The summed E-state index contributed by atoms with van der Waals surface area (Å²) in [5, 5.41) is 13.6. The molecular weight excluding hydrogens is 482 g/mol. The van der Waals surface area contributed by atoms with Crippen LogP contribution in [0.2, 0.25) is 0 Å². The van der Waals surface area contributed by atoms with Crippen molar-refractivity contribution >= 4 is 24.0 Å². The number of rotatable bonds is 9. The standard InChI is InChI=1S/C29H33N5O4/c1-30-27(25-12-7-14-31-28(25)34(37)20-35)32-18-21-8-5-10-23(16-21)24-11-6-9-22(17-24)19-33-15-4-3-13-26(33)29(36)38-2/h5-12,14,16-17,20,26,37H,3-4,13,15,18-19H2,1-2H3,(H,30,32). The van der Waals surface area contributed by atoms with E-state index in [2.05, 4.69) is 50.5 Å². The van der Waals surface area contributed by atoms with Gasteiger partial charge >= 0.3 is 5.97 Å². The van der Waals surface area contributed by atoms with Gasteiger partial charge in [0.2, 0.25) is 6.41 Å². The predicted molar refractivity (Wildman–Crippen MR) is 146 cm³/mol. The molecule has 0 saturated carbocycles. The van der Waals surface area contributed by atoms with Crippen LogP contribution in [0.1, 0.15) is 36.0 Å². The lowest BCUT2D eigenvalue weighted by Crippen LogP contribution is -2.44. The number of hydrogen-bond donors (Lipinski definition) is 2. The van der Waals surface area contributed by atoms with Gasteiger partial charge in [0.05, 0.1) is 12.7 Å². The quantitative estimate of drug-likeness (QED) is 0.111. The van der Waals surface area contributed by atoms with E-state index in [4.69, 9.17) is 4.74 Å². The Balaban J connectivity index is 1.48. The lowest BCUT2D eigenvalue weighted by Gasteiger charge is -2.33. The molecule has 2 N–H and O–H groups in total. The van der Waals surface area contributed by atoms with Gasteiger partial charge in [-0.05, 0) is 65.9 Å². The van der Waals surface area contributed by atoms with Gasteiger partial charge in [-0.2, -0.15) is 5.06 Å². The van der Waals surface area contributed by atoms with Gasteiger partial charge in [0.1, 0.15) is 11.9 Å². The second-order valence-electron chi connectivity index (χ2n) is 9.16. The van der Waals surface area contributed by atoms with Crippen molar-refractivity contribution in [1.29, 1.82) is 0 Å². The molecule has 2 aromatic carbocycles. The predicted octanol–water partition coefficient (Wildman–Crippen LogP) is 3.79. The summed E-state index contributed by atoms with van der Waals surface area (Å²) in [6, 6.07) is 19.9. The first-order chi connectivity index (χ1) is 18.5. The Hall–Kier alpha value is -4.08. The zero-order valence-corrected chi connectivity index (χ0v) is 21.7. The normalized spacial score (nSPS) is 16.1. The first kappa shape index (κ1) is 27.0. The molecule has 1 aromatic heterocycles. The molecule has 0 radical (unpaired) electrons. The number of amides is 1. The van der Waals surface area contributed by atoms with E-state index in [1.54, 1.807) is 19.2 Å². The fraction of sp³-hybridized carbons (Fsp3) is 0.310. The number of carbonyl (C=O) groups is 2. The molecule has 38 heavy (non-hydrogen) atoms. The summed E-state index contributed by atoms with van der Waals surface area (Å²) in [6.07, 6.45) is 4.74. The number of hydroxylamine groups is 1. The van der Waals surface area contributed by atoms with Crippen molar-refractivity contribution in [1.82, 2.24) is 15.2 Å². The van der Waals surface area contributed by atoms with Crippen LogP contribution in [-0.4, -0.2) is 60.1 Å². The van der Waals surface area contributed by atoms with E-state index < -0.39 is 0 Å². The molecule has 1 saturated heterocycles. The Labute approximate surface area is 222 Å². The second kappa shape index (κ2) is 12.9. The topological polar surface area (TPSA) is 107 Å². The number of nitrogens with zero attached hydrogens (tertiary/aromatic N) is 4. The molecule has 9 heteroatoms. The SMILES string of the molecule is CN=C(NCc1cccc(-c2cccc(CN3CCCCC3C(=O)OC)c2)c1)c1cccnc1N(O)C=O. The number of benzene rings is 2. The third kappa shape index (κ3) is 6.42. The average molecular weight is 516 g/mol. The molecule has 0 bridgehead atoms. The van der Waals surface area contributed by atoms with Gasteiger partial charge in [-0.3, -0.25) is 24.7 Å². The highest BCUT2D eigenvalue weighted by atomic mass is 16.5. The molecule has 1 aliphatic rings. The van der Waals surface area contributed by atoms with Crippen molar-refractivity contribution in [3.8, 4) is 11.1 Å². The zero-order chi connectivity index (χ0) is 26.9. The van der Waals surface area contributed by atoms with Crippen LogP contribution in [0.15, 0.2) is 71.9 Å². The van der Waals surface area contributed by atoms with Crippen LogP contribution < -0.4 is 10.4 Å². The van der Waals surface area contributed by atoms with Crippen molar-refractivity contribution in [3.05, 3.63) is 83.6 Å². The summed E-state index contributed by atoms with van der Waals surface area (Å²) < 4.78 is 5.04. The van der Waals surface area contributed by atoms with E-state index >= 15 is 0 Å². The number of amidine groups is 1.